The van der Waals surface area contributed by atoms with E-state index < -0.39 is 11.9 Å². The zero-order valence-electron chi connectivity index (χ0n) is 19.6. The van der Waals surface area contributed by atoms with Crippen LogP contribution in [0, 0.1) is 5.82 Å². The molecule has 2 aliphatic heterocycles. The van der Waals surface area contributed by atoms with Crippen molar-refractivity contribution in [3.63, 3.8) is 0 Å². The maximum absolute atomic E-state index is 14.0. The summed E-state index contributed by atoms with van der Waals surface area (Å²) in [4.78, 5) is 40.7. The van der Waals surface area contributed by atoms with Crippen LogP contribution < -0.4 is 10.1 Å². The summed E-state index contributed by atoms with van der Waals surface area (Å²) >= 11 is 5.78. The van der Waals surface area contributed by atoms with Gasteiger partial charge in [0.05, 0.1) is 12.1 Å². The standard InChI is InChI=1S/C25H27ClFN3O5/c1-29-14-17(11-21(29)25(33)34-2)28-24(32)15-5-6-16(13-30-9-3-4-23(30)31)22(10-15)35-18-7-8-19(26)20(27)12-18/h5-8,10,12,17,21H,3-4,9,11,13-14H2,1-2H3,(H,28,32). The highest BCUT2D eigenvalue weighted by Crippen LogP contribution is 2.31. The second-order valence-electron chi connectivity index (χ2n) is 8.80. The van der Waals surface area contributed by atoms with Gasteiger partial charge in [0, 0.05) is 49.3 Å². The normalized spacial score (nSPS) is 20.2. The Labute approximate surface area is 207 Å². The lowest BCUT2D eigenvalue weighted by Gasteiger charge is -2.19. The van der Waals surface area contributed by atoms with Crippen LogP contribution in [-0.4, -0.2) is 66.9 Å². The van der Waals surface area contributed by atoms with Gasteiger partial charge in [0.1, 0.15) is 23.4 Å². The maximum atomic E-state index is 14.0. The van der Waals surface area contributed by atoms with E-state index in [4.69, 9.17) is 21.1 Å². The minimum atomic E-state index is -0.625. The van der Waals surface area contributed by atoms with Crippen molar-refractivity contribution in [3.05, 3.63) is 58.4 Å². The first-order valence-electron chi connectivity index (χ1n) is 11.4. The van der Waals surface area contributed by atoms with Crippen LogP contribution in [0.4, 0.5) is 4.39 Å². The minimum Gasteiger partial charge on any atom is -0.468 e. The van der Waals surface area contributed by atoms with Gasteiger partial charge in [-0.2, -0.15) is 0 Å². The van der Waals surface area contributed by atoms with Crippen molar-refractivity contribution < 1.29 is 28.2 Å². The molecule has 1 N–H and O–H groups in total. The lowest BCUT2D eigenvalue weighted by Crippen LogP contribution is -2.36. The predicted molar refractivity (Wildman–Crippen MR) is 127 cm³/mol. The molecule has 8 nitrogen and oxygen atoms in total. The smallest absolute Gasteiger partial charge is 0.323 e. The molecular formula is C25H27ClFN3O5. The molecule has 4 rings (SSSR count). The molecular weight excluding hydrogens is 477 g/mol. The van der Waals surface area contributed by atoms with Gasteiger partial charge in [0.2, 0.25) is 5.91 Å². The Kier molecular flexibility index (Phi) is 7.57. The van der Waals surface area contributed by atoms with Crippen LogP contribution >= 0.6 is 11.6 Å². The number of hydrogen-bond acceptors (Lipinski definition) is 6. The van der Waals surface area contributed by atoms with E-state index in [1.165, 1.54) is 25.3 Å². The number of amides is 2. The molecule has 0 aliphatic carbocycles. The first-order valence-corrected chi connectivity index (χ1v) is 11.8. The van der Waals surface area contributed by atoms with Gasteiger partial charge in [-0.05, 0) is 44.2 Å². The van der Waals surface area contributed by atoms with Crippen LogP contribution in [0.3, 0.4) is 0 Å². The SMILES string of the molecule is COC(=O)C1CC(NC(=O)c2ccc(CN3CCCC3=O)c(Oc3ccc(Cl)c(F)c3)c2)CN1C. The van der Waals surface area contributed by atoms with Crippen LogP contribution in [0.25, 0.3) is 0 Å². The van der Waals surface area contributed by atoms with Gasteiger partial charge in [-0.1, -0.05) is 17.7 Å². The number of hydrogen-bond donors (Lipinski definition) is 1. The number of rotatable bonds is 7. The van der Waals surface area contributed by atoms with Gasteiger partial charge < -0.3 is 19.7 Å². The molecule has 0 bridgehead atoms. The highest BCUT2D eigenvalue weighted by atomic mass is 35.5. The van der Waals surface area contributed by atoms with Gasteiger partial charge in [-0.15, -0.1) is 0 Å². The third-order valence-electron chi connectivity index (χ3n) is 6.34. The summed E-state index contributed by atoms with van der Waals surface area (Å²) in [5.74, 6) is -0.673. The molecule has 2 fully saturated rings. The molecule has 0 aromatic heterocycles. The summed E-state index contributed by atoms with van der Waals surface area (Å²) in [6, 6.07) is 8.43. The molecule has 2 aromatic carbocycles. The Hall–Kier alpha value is -3.17. The molecule has 10 heteroatoms. The average Bonchev–Trinajstić information content (AvgIpc) is 3.41. The highest BCUT2D eigenvalue weighted by molar-refractivity contribution is 6.30. The van der Waals surface area contributed by atoms with E-state index >= 15 is 0 Å². The number of ether oxygens (including phenoxy) is 2. The summed E-state index contributed by atoms with van der Waals surface area (Å²) in [6.07, 6.45) is 1.74. The van der Waals surface area contributed by atoms with E-state index in [0.717, 1.165) is 6.42 Å². The molecule has 2 amide bonds. The third-order valence-corrected chi connectivity index (χ3v) is 6.64. The first-order chi connectivity index (χ1) is 16.7. The molecule has 2 unspecified atom stereocenters. The van der Waals surface area contributed by atoms with E-state index in [0.29, 0.717) is 49.4 Å². The first kappa shape index (κ1) is 24.9. The summed E-state index contributed by atoms with van der Waals surface area (Å²) in [5, 5.41) is 2.93. The number of likely N-dealkylation sites (tertiary alicyclic amines) is 2. The third kappa shape index (κ3) is 5.74. The van der Waals surface area contributed by atoms with Crippen LogP contribution in [0.1, 0.15) is 35.2 Å². The van der Waals surface area contributed by atoms with Gasteiger partial charge >= 0.3 is 5.97 Å². The fraction of sp³-hybridized carbons (Fsp3) is 0.400. The van der Waals surface area contributed by atoms with Crippen molar-refractivity contribution in [2.24, 2.45) is 0 Å². The number of carbonyl (C=O) groups is 3. The molecule has 2 atom stereocenters. The van der Waals surface area contributed by atoms with Crippen molar-refractivity contribution in [1.82, 2.24) is 15.1 Å². The largest absolute Gasteiger partial charge is 0.468 e. The number of halogens is 2. The molecule has 2 heterocycles. The molecule has 35 heavy (non-hydrogen) atoms. The topological polar surface area (TPSA) is 88.2 Å². The number of nitrogens with one attached hydrogen (secondary N) is 1. The van der Waals surface area contributed by atoms with Gasteiger partial charge in [-0.25, -0.2) is 4.39 Å². The number of benzene rings is 2. The Morgan fingerprint density at radius 3 is 2.71 bits per heavy atom. The molecule has 0 spiro atoms. The van der Waals surface area contributed by atoms with Crippen molar-refractivity contribution in [3.8, 4) is 11.5 Å². The fourth-order valence-corrected chi connectivity index (χ4v) is 4.57. The quantitative estimate of drug-likeness (QED) is 0.583. The number of nitrogens with zero attached hydrogens (tertiary/aromatic N) is 2. The monoisotopic (exact) mass is 503 g/mol. The maximum Gasteiger partial charge on any atom is 0.323 e. The predicted octanol–water partition coefficient (Wildman–Crippen LogP) is 3.37. The van der Waals surface area contributed by atoms with E-state index in [2.05, 4.69) is 5.32 Å². The number of esters is 1. The Bertz CT molecular complexity index is 1140. The summed E-state index contributed by atoms with van der Waals surface area (Å²) in [6.45, 7) is 1.47. The minimum absolute atomic E-state index is 0.0276. The van der Waals surface area contributed by atoms with Gasteiger partial charge in [0.15, 0.2) is 0 Å². The number of methoxy groups -OCH3 is 1. The molecule has 0 saturated carbocycles. The Morgan fingerprint density at radius 2 is 2.03 bits per heavy atom. The van der Waals surface area contributed by atoms with Gasteiger partial charge in [0.25, 0.3) is 5.91 Å². The zero-order chi connectivity index (χ0) is 25.1. The van der Waals surface area contributed by atoms with Crippen molar-refractivity contribution in [1.29, 1.82) is 0 Å². The molecule has 186 valence electrons. The molecule has 2 aromatic rings. The van der Waals surface area contributed by atoms with Crippen LogP contribution in [0.2, 0.25) is 5.02 Å². The van der Waals surface area contributed by atoms with E-state index in [1.54, 1.807) is 30.1 Å². The number of likely N-dealkylation sites (N-methyl/N-ethyl adjacent to an activating group) is 1. The average molecular weight is 504 g/mol. The zero-order valence-corrected chi connectivity index (χ0v) is 20.3. The van der Waals surface area contributed by atoms with Crippen LogP contribution in [-0.2, 0) is 20.9 Å². The summed E-state index contributed by atoms with van der Waals surface area (Å²) < 4.78 is 24.8. The fourth-order valence-electron chi connectivity index (χ4n) is 4.45. The Morgan fingerprint density at radius 1 is 1.23 bits per heavy atom. The van der Waals surface area contributed by atoms with E-state index in [1.807, 2.05) is 4.90 Å². The van der Waals surface area contributed by atoms with Crippen LogP contribution in [0.15, 0.2) is 36.4 Å². The van der Waals surface area contributed by atoms with E-state index in [9.17, 15) is 18.8 Å². The molecule has 0 radical (unpaired) electrons. The van der Waals surface area contributed by atoms with Crippen molar-refractivity contribution in [2.45, 2.75) is 37.9 Å². The molecule has 2 saturated heterocycles. The van der Waals surface area contributed by atoms with Crippen molar-refractivity contribution in [2.75, 3.05) is 27.2 Å². The Balaban J connectivity index is 1.55. The second kappa shape index (κ2) is 10.6. The summed E-state index contributed by atoms with van der Waals surface area (Å²) in [5.41, 5.74) is 1.04. The van der Waals surface area contributed by atoms with Crippen LogP contribution in [0.5, 0.6) is 11.5 Å². The number of carbonyl (C=O) groups excluding carboxylic acids is 3. The van der Waals surface area contributed by atoms with Crippen molar-refractivity contribution >= 4 is 29.4 Å². The lowest BCUT2D eigenvalue weighted by molar-refractivity contribution is -0.145. The second-order valence-corrected chi connectivity index (χ2v) is 9.21. The van der Waals surface area contributed by atoms with E-state index in [-0.39, 0.29) is 34.6 Å². The lowest BCUT2D eigenvalue weighted by atomic mass is 10.1. The highest BCUT2D eigenvalue weighted by Gasteiger charge is 2.36. The van der Waals surface area contributed by atoms with Gasteiger partial charge in [-0.3, -0.25) is 19.3 Å². The molecule has 2 aliphatic rings. The summed E-state index contributed by atoms with van der Waals surface area (Å²) in [7, 11) is 3.15.